The molecule has 2 aromatic rings. The van der Waals surface area contributed by atoms with Crippen molar-refractivity contribution >= 4 is 38.7 Å². The number of thiophene rings is 1. The highest BCUT2D eigenvalue weighted by molar-refractivity contribution is 7.93. The number of alkyl halides is 3. The Labute approximate surface area is 160 Å². The van der Waals surface area contributed by atoms with Crippen LogP contribution in [0.4, 0.5) is 18.9 Å². The largest absolute Gasteiger partial charge is 0.573 e. The molecule has 0 bridgehead atoms. The van der Waals surface area contributed by atoms with Gasteiger partial charge in [0.25, 0.3) is 5.91 Å². The molecule has 1 aromatic carbocycles. The van der Waals surface area contributed by atoms with E-state index < -0.39 is 50.5 Å². The van der Waals surface area contributed by atoms with Crippen molar-refractivity contribution in [3.05, 3.63) is 35.2 Å². The number of rotatable bonds is 6. The molecule has 0 saturated heterocycles. The standard InChI is InChI=1S/C15H13F3N2O6S2/c1-7(21)14(23)20-10-5-9(26-15(16,17)18)2-3-11(10)28(24,25)12-4-8(6-27-12)13(19)22/h2-7,21H,1H3,(H2,19,22)(H,20,23)/t7-/m1/s1. The summed E-state index contributed by atoms with van der Waals surface area (Å²) < 4.78 is 66.3. The van der Waals surface area contributed by atoms with Crippen LogP contribution in [-0.4, -0.2) is 37.8 Å². The van der Waals surface area contributed by atoms with Crippen LogP contribution in [-0.2, 0) is 14.6 Å². The van der Waals surface area contributed by atoms with Crippen LogP contribution in [0.2, 0.25) is 0 Å². The number of hydrogen-bond acceptors (Lipinski definition) is 7. The number of nitrogens with one attached hydrogen (secondary N) is 1. The van der Waals surface area contributed by atoms with E-state index >= 15 is 0 Å². The van der Waals surface area contributed by atoms with Gasteiger partial charge in [-0.15, -0.1) is 24.5 Å². The second kappa shape index (κ2) is 7.77. The minimum Gasteiger partial charge on any atom is -0.406 e. The maximum absolute atomic E-state index is 12.8. The molecule has 13 heteroatoms. The number of amides is 2. The van der Waals surface area contributed by atoms with Gasteiger partial charge in [-0.25, -0.2) is 8.42 Å². The highest BCUT2D eigenvalue weighted by atomic mass is 32.2. The Balaban J connectivity index is 2.56. The molecule has 0 radical (unpaired) electrons. The smallest absolute Gasteiger partial charge is 0.406 e. The van der Waals surface area contributed by atoms with Gasteiger partial charge in [0, 0.05) is 11.4 Å². The topological polar surface area (TPSA) is 136 Å². The van der Waals surface area contributed by atoms with E-state index in [4.69, 9.17) is 5.73 Å². The van der Waals surface area contributed by atoms with E-state index in [2.05, 4.69) is 4.74 Å². The van der Waals surface area contributed by atoms with Crippen LogP contribution in [0.3, 0.4) is 0 Å². The SMILES string of the molecule is C[C@@H](O)C(=O)Nc1cc(OC(F)(F)F)ccc1S(=O)(=O)c1cc(C(N)=O)cs1. The average Bonchev–Trinajstić information content (AvgIpc) is 3.04. The van der Waals surface area contributed by atoms with Gasteiger partial charge in [-0.3, -0.25) is 9.59 Å². The Hall–Kier alpha value is -2.64. The lowest BCUT2D eigenvalue weighted by Crippen LogP contribution is -2.25. The quantitative estimate of drug-likeness (QED) is 0.630. The van der Waals surface area contributed by atoms with E-state index in [1.54, 1.807) is 0 Å². The predicted octanol–water partition coefficient (Wildman–Crippen LogP) is 1.90. The average molecular weight is 438 g/mol. The van der Waals surface area contributed by atoms with Crippen molar-refractivity contribution in [3.8, 4) is 5.75 Å². The van der Waals surface area contributed by atoms with Crippen LogP contribution in [0.25, 0.3) is 0 Å². The van der Waals surface area contributed by atoms with Crippen LogP contribution in [0.15, 0.2) is 38.8 Å². The number of carbonyl (C=O) groups excluding carboxylic acids is 2. The number of anilines is 1. The van der Waals surface area contributed by atoms with E-state index in [9.17, 15) is 36.3 Å². The Morgan fingerprint density at radius 2 is 1.93 bits per heavy atom. The lowest BCUT2D eigenvalue weighted by Gasteiger charge is -2.15. The molecule has 28 heavy (non-hydrogen) atoms. The van der Waals surface area contributed by atoms with Crippen molar-refractivity contribution in [2.45, 2.75) is 28.5 Å². The Kier molecular flexibility index (Phi) is 6.01. The number of benzene rings is 1. The molecule has 1 atom stereocenters. The molecule has 0 aliphatic carbocycles. The Bertz CT molecular complexity index is 1020. The summed E-state index contributed by atoms with van der Waals surface area (Å²) >= 11 is 0.666. The lowest BCUT2D eigenvalue weighted by molar-refractivity contribution is -0.274. The van der Waals surface area contributed by atoms with Crippen LogP contribution in [0.1, 0.15) is 17.3 Å². The van der Waals surface area contributed by atoms with Gasteiger partial charge in [-0.05, 0) is 25.1 Å². The molecule has 0 fully saturated rings. The fourth-order valence-corrected chi connectivity index (χ4v) is 4.66. The molecule has 0 spiro atoms. The van der Waals surface area contributed by atoms with Crippen molar-refractivity contribution in [2.24, 2.45) is 5.73 Å². The summed E-state index contributed by atoms with van der Waals surface area (Å²) in [6.07, 6.45) is -6.61. The Morgan fingerprint density at radius 1 is 1.29 bits per heavy atom. The molecule has 8 nitrogen and oxygen atoms in total. The molecule has 152 valence electrons. The zero-order chi connectivity index (χ0) is 21.3. The molecular formula is C15H13F3N2O6S2. The molecule has 1 aromatic heterocycles. The second-order valence-electron chi connectivity index (χ2n) is 5.39. The van der Waals surface area contributed by atoms with E-state index in [-0.39, 0.29) is 9.77 Å². The summed E-state index contributed by atoms with van der Waals surface area (Å²) in [7, 11) is -4.34. The summed E-state index contributed by atoms with van der Waals surface area (Å²) in [5, 5.41) is 12.5. The molecule has 4 N–H and O–H groups in total. The van der Waals surface area contributed by atoms with Gasteiger partial charge in [-0.2, -0.15) is 0 Å². The first-order valence-electron chi connectivity index (χ1n) is 7.33. The minimum atomic E-state index is -5.05. The molecule has 0 saturated carbocycles. The zero-order valence-electron chi connectivity index (χ0n) is 14.0. The number of carbonyl (C=O) groups is 2. The van der Waals surface area contributed by atoms with Gasteiger partial charge in [-0.1, -0.05) is 0 Å². The van der Waals surface area contributed by atoms with E-state index in [1.807, 2.05) is 5.32 Å². The predicted molar refractivity (Wildman–Crippen MR) is 91.7 cm³/mol. The molecule has 2 amide bonds. The van der Waals surface area contributed by atoms with Gasteiger partial charge in [0.15, 0.2) is 0 Å². The number of sulfone groups is 1. The molecule has 1 heterocycles. The minimum absolute atomic E-state index is 0.0739. The molecule has 2 rings (SSSR count). The van der Waals surface area contributed by atoms with Crippen LogP contribution in [0, 0.1) is 0 Å². The number of hydrogen-bond donors (Lipinski definition) is 3. The molecule has 0 aliphatic rings. The van der Waals surface area contributed by atoms with Gasteiger partial charge >= 0.3 is 6.36 Å². The molecule has 0 unspecified atom stereocenters. The number of ether oxygens (including phenoxy) is 1. The maximum Gasteiger partial charge on any atom is 0.573 e. The van der Waals surface area contributed by atoms with Crippen molar-refractivity contribution in [3.63, 3.8) is 0 Å². The van der Waals surface area contributed by atoms with E-state index in [0.29, 0.717) is 17.4 Å². The van der Waals surface area contributed by atoms with Gasteiger partial charge in [0.2, 0.25) is 15.7 Å². The lowest BCUT2D eigenvalue weighted by atomic mass is 10.2. The van der Waals surface area contributed by atoms with E-state index in [1.165, 1.54) is 5.38 Å². The second-order valence-corrected chi connectivity index (χ2v) is 8.45. The molecule has 0 aliphatic heterocycles. The zero-order valence-corrected chi connectivity index (χ0v) is 15.6. The third kappa shape index (κ3) is 4.99. The van der Waals surface area contributed by atoms with Gasteiger partial charge in [0.1, 0.15) is 16.1 Å². The highest BCUT2D eigenvalue weighted by Gasteiger charge is 2.32. The van der Waals surface area contributed by atoms with Crippen LogP contribution < -0.4 is 15.8 Å². The number of nitrogens with two attached hydrogens (primary N) is 1. The first-order valence-corrected chi connectivity index (χ1v) is 9.69. The summed E-state index contributed by atoms with van der Waals surface area (Å²) in [6.45, 7) is 1.08. The Morgan fingerprint density at radius 3 is 2.43 bits per heavy atom. The first-order chi connectivity index (χ1) is 12.8. The molecular weight excluding hydrogens is 425 g/mol. The maximum atomic E-state index is 12.8. The van der Waals surface area contributed by atoms with Crippen molar-refractivity contribution < 1.29 is 41.0 Å². The van der Waals surface area contributed by atoms with Gasteiger partial charge in [0.05, 0.1) is 16.1 Å². The fraction of sp³-hybridized carbons (Fsp3) is 0.200. The third-order valence-electron chi connectivity index (χ3n) is 3.24. The third-order valence-corrected chi connectivity index (χ3v) is 6.49. The summed E-state index contributed by atoms with van der Waals surface area (Å²) in [5.41, 5.74) is 4.47. The summed E-state index contributed by atoms with van der Waals surface area (Å²) in [4.78, 5) is 22.3. The van der Waals surface area contributed by atoms with Crippen molar-refractivity contribution in [1.82, 2.24) is 0 Å². The van der Waals surface area contributed by atoms with Crippen LogP contribution in [0.5, 0.6) is 5.75 Å². The first kappa shape index (κ1) is 21.7. The van der Waals surface area contributed by atoms with Crippen LogP contribution >= 0.6 is 11.3 Å². The van der Waals surface area contributed by atoms with Crippen molar-refractivity contribution in [2.75, 3.05) is 5.32 Å². The van der Waals surface area contributed by atoms with Crippen molar-refractivity contribution in [1.29, 1.82) is 0 Å². The monoisotopic (exact) mass is 438 g/mol. The number of aliphatic hydroxyl groups excluding tert-OH is 1. The number of aliphatic hydroxyl groups is 1. The summed E-state index contributed by atoms with van der Waals surface area (Å²) in [5.74, 6) is -2.70. The number of halogens is 3. The highest BCUT2D eigenvalue weighted by Crippen LogP contribution is 2.35. The van der Waals surface area contributed by atoms with E-state index in [0.717, 1.165) is 25.1 Å². The normalized spacial score (nSPS) is 13.0. The summed E-state index contributed by atoms with van der Waals surface area (Å²) in [6, 6.07) is 3.21. The fourth-order valence-electron chi connectivity index (χ4n) is 1.97. The van der Waals surface area contributed by atoms with Gasteiger partial charge < -0.3 is 20.9 Å². The number of primary amides is 1.